The summed E-state index contributed by atoms with van der Waals surface area (Å²) in [6.45, 7) is 1.50. The Morgan fingerprint density at radius 3 is 2.67 bits per heavy atom. The van der Waals surface area contributed by atoms with Crippen molar-refractivity contribution in [3.8, 4) is 0 Å². The Balaban J connectivity index is 2.16. The number of nitrogens with zero attached hydrogens (tertiary/aromatic N) is 3. The Morgan fingerprint density at radius 1 is 1.39 bits per heavy atom. The van der Waals surface area contributed by atoms with Crippen LogP contribution in [0.25, 0.3) is 0 Å². The van der Waals surface area contributed by atoms with Crippen molar-refractivity contribution in [3.05, 3.63) is 12.4 Å². The zero-order valence-electron chi connectivity index (χ0n) is 9.86. The van der Waals surface area contributed by atoms with Crippen molar-refractivity contribution in [2.24, 2.45) is 5.73 Å². The summed E-state index contributed by atoms with van der Waals surface area (Å²) in [7, 11) is -4.40. The highest BCUT2D eigenvalue weighted by Crippen LogP contribution is 2.16. The molecule has 0 amide bonds. The molecule has 1 aliphatic rings. The lowest BCUT2D eigenvalue weighted by molar-refractivity contribution is 0.438. The quantitative estimate of drug-likeness (QED) is 0.735. The van der Waals surface area contributed by atoms with Gasteiger partial charge in [-0.1, -0.05) is 0 Å². The lowest BCUT2D eigenvalue weighted by atomic mass is 10.6. The van der Waals surface area contributed by atoms with Gasteiger partial charge in [-0.2, -0.15) is 9.40 Å². The van der Waals surface area contributed by atoms with Gasteiger partial charge >= 0.3 is 0 Å². The topological polar surface area (TPSA) is 98.3 Å². The van der Waals surface area contributed by atoms with Crippen LogP contribution in [0.15, 0.2) is 17.3 Å². The molecule has 18 heavy (non-hydrogen) atoms. The van der Waals surface area contributed by atoms with Gasteiger partial charge < -0.3 is 5.73 Å². The van der Waals surface area contributed by atoms with E-state index in [2.05, 4.69) is 5.10 Å². The number of sulfonamides is 1. The average Bonchev–Trinajstić information content (AvgIpc) is 2.79. The molecule has 1 fully saturated rings. The van der Waals surface area contributed by atoms with Crippen LogP contribution in [0.4, 0.5) is 0 Å². The molecule has 2 rings (SSSR count). The predicted molar refractivity (Wildman–Crippen MR) is 67.9 cm³/mol. The second-order valence-corrected chi connectivity index (χ2v) is 7.61. The Bertz CT molecular complexity index is 530. The summed E-state index contributed by atoms with van der Waals surface area (Å²) in [6, 6.07) is 0. The highest BCUT2D eigenvalue weighted by molar-refractivity contribution is 7.89. The number of aromatic nitrogens is 2. The van der Waals surface area contributed by atoms with Gasteiger partial charge in [0.15, 0.2) is 0 Å². The Hall–Kier alpha value is -0.770. The maximum atomic E-state index is 12.3. The van der Waals surface area contributed by atoms with Crippen molar-refractivity contribution < 1.29 is 12.6 Å². The minimum Gasteiger partial charge on any atom is -0.329 e. The Kier molecular flexibility index (Phi) is 4.15. The second-order valence-electron chi connectivity index (χ2n) is 3.98. The molecular weight excluding hydrogens is 276 g/mol. The van der Waals surface area contributed by atoms with Crippen LogP contribution in [0.2, 0.25) is 0 Å². The molecule has 0 atom stereocenters. The van der Waals surface area contributed by atoms with Crippen molar-refractivity contribution in [1.82, 2.24) is 14.1 Å². The third-order valence-electron chi connectivity index (χ3n) is 2.74. The summed E-state index contributed by atoms with van der Waals surface area (Å²) in [6.07, 6.45) is 2.81. The smallest absolute Gasteiger partial charge is 0.246 e. The third-order valence-corrected chi connectivity index (χ3v) is 5.87. The van der Waals surface area contributed by atoms with Gasteiger partial charge in [0.1, 0.15) is 4.90 Å². The zero-order chi connectivity index (χ0) is 13.2. The van der Waals surface area contributed by atoms with Gasteiger partial charge in [0.25, 0.3) is 0 Å². The van der Waals surface area contributed by atoms with Crippen molar-refractivity contribution in [2.45, 2.75) is 11.4 Å². The van der Waals surface area contributed by atoms with Crippen molar-refractivity contribution in [3.63, 3.8) is 0 Å². The standard InChI is InChI=1S/C9H16N4O3S2/c10-1-2-12-8-9(7-11-12)18(15,16)13-3-5-17(14)6-4-13/h7-8H,1-6,10H2. The monoisotopic (exact) mass is 292 g/mol. The van der Waals surface area contributed by atoms with Gasteiger partial charge in [-0.15, -0.1) is 0 Å². The minimum atomic E-state index is -3.51. The van der Waals surface area contributed by atoms with Crippen LogP contribution in [0.5, 0.6) is 0 Å². The molecule has 1 saturated heterocycles. The first-order valence-corrected chi connectivity index (χ1v) is 8.54. The predicted octanol–water partition coefficient (Wildman–Crippen LogP) is -1.41. The van der Waals surface area contributed by atoms with Crippen LogP contribution in [0, 0.1) is 0 Å². The molecule has 9 heteroatoms. The summed E-state index contributed by atoms with van der Waals surface area (Å²) in [5, 5.41) is 3.95. The molecule has 0 aromatic carbocycles. The first kappa shape index (κ1) is 13.7. The maximum absolute atomic E-state index is 12.3. The molecule has 1 aliphatic heterocycles. The summed E-state index contributed by atoms with van der Waals surface area (Å²) < 4.78 is 38.6. The normalized spacial score (nSPS) is 19.2. The highest BCUT2D eigenvalue weighted by Gasteiger charge is 2.29. The van der Waals surface area contributed by atoms with Crippen LogP contribution in [-0.4, -0.2) is 57.9 Å². The van der Waals surface area contributed by atoms with Gasteiger partial charge in [-0.25, -0.2) is 8.42 Å². The second kappa shape index (κ2) is 5.47. The van der Waals surface area contributed by atoms with E-state index in [0.29, 0.717) is 37.7 Å². The van der Waals surface area contributed by atoms with Crippen LogP contribution in [-0.2, 0) is 27.4 Å². The van der Waals surface area contributed by atoms with E-state index in [0.717, 1.165) is 0 Å². The summed E-state index contributed by atoms with van der Waals surface area (Å²) >= 11 is 0. The van der Waals surface area contributed by atoms with Crippen LogP contribution in [0.3, 0.4) is 0 Å². The largest absolute Gasteiger partial charge is 0.329 e. The molecule has 0 radical (unpaired) electrons. The molecule has 2 heterocycles. The van der Waals surface area contributed by atoms with Crippen molar-refractivity contribution in [1.29, 1.82) is 0 Å². The molecule has 0 spiro atoms. The van der Waals surface area contributed by atoms with Crippen LogP contribution < -0.4 is 5.73 Å². The molecule has 102 valence electrons. The van der Waals surface area contributed by atoms with E-state index in [4.69, 9.17) is 5.73 Å². The van der Waals surface area contributed by atoms with Gasteiger partial charge in [-0.05, 0) is 0 Å². The number of hydrogen-bond acceptors (Lipinski definition) is 5. The molecular formula is C9H16N4O3S2. The SMILES string of the molecule is NCCn1cc(S(=O)(=O)N2CCS(=O)CC2)cn1. The maximum Gasteiger partial charge on any atom is 0.246 e. The molecule has 7 nitrogen and oxygen atoms in total. The van der Waals surface area contributed by atoms with E-state index in [1.807, 2.05) is 0 Å². The van der Waals surface area contributed by atoms with E-state index >= 15 is 0 Å². The number of nitrogens with two attached hydrogens (primary N) is 1. The van der Waals surface area contributed by atoms with E-state index < -0.39 is 20.8 Å². The lowest BCUT2D eigenvalue weighted by Gasteiger charge is -2.24. The molecule has 1 aromatic heterocycles. The van der Waals surface area contributed by atoms with Crippen molar-refractivity contribution >= 4 is 20.8 Å². The van der Waals surface area contributed by atoms with Gasteiger partial charge in [-0.3, -0.25) is 8.89 Å². The molecule has 0 saturated carbocycles. The van der Waals surface area contributed by atoms with Gasteiger partial charge in [0.2, 0.25) is 10.0 Å². The first-order chi connectivity index (χ1) is 8.54. The number of rotatable bonds is 4. The van der Waals surface area contributed by atoms with E-state index in [-0.39, 0.29) is 4.90 Å². The number of hydrogen-bond donors (Lipinski definition) is 1. The van der Waals surface area contributed by atoms with E-state index in [1.165, 1.54) is 21.4 Å². The van der Waals surface area contributed by atoms with Gasteiger partial charge in [0.05, 0.1) is 12.7 Å². The van der Waals surface area contributed by atoms with E-state index in [1.54, 1.807) is 0 Å². The zero-order valence-corrected chi connectivity index (χ0v) is 11.5. The van der Waals surface area contributed by atoms with Crippen molar-refractivity contribution in [2.75, 3.05) is 31.1 Å². The fourth-order valence-corrected chi connectivity index (χ4v) is 4.42. The fraction of sp³-hybridized carbons (Fsp3) is 0.667. The summed E-state index contributed by atoms with van der Waals surface area (Å²) in [5.74, 6) is 0.798. The Labute approximate surface area is 108 Å². The molecule has 0 aliphatic carbocycles. The van der Waals surface area contributed by atoms with Gasteiger partial charge in [0, 0.05) is 48.1 Å². The molecule has 0 bridgehead atoms. The molecule has 2 N–H and O–H groups in total. The first-order valence-electron chi connectivity index (χ1n) is 5.61. The minimum absolute atomic E-state index is 0.170. The average molecular weight is 292 g/mol. The lowest BCUT2D eigenvalue weighted by Crippen LogP contribution is -2.41. The van der Waals surface area contributed by atoms with E-state index in [9.17, 15) is 12.6 Å². The Morgan fingerprint density at radius 2 is 2.06 bits per heavy atom. The highest BCUT2D eigenvalue weighted by atomic mass is 32.2. The van der Waals surface area contributed by atoms with Crippen LogP contribution >= 0.6 is 0 Å². The fourth-order valence-electron chi connectivity index (χ4n) is 1.74. The molecule has 1 aromatic rings. The third kappa shape index (κ3) is 2.79. The van der Waals surface area contributed by atoms with Crippen LogP contribution in [0.1, 0.15) is 0 Å². The summed E-state index contributed by atoms with van der Waals surface area (Å²) in [5.41, 5.74) is 5.38. The molecule has 0 unspecified atom stereocenters. The summed E-state index contributed by atoms with van der Waals surface area (Å²) in [4.78, 5) is 0.170.